The minimum absolute atomic E-state index is 0.0448. The van der Waals surface area contributed by atoms with Crippen molar-refractivity contribution in [2.75, 3.05) is 59.5 Å². The van der Waals surface area contributed by atoms with Crippen molar-refractivity contribution < 1.29 is 14.3 Å². The highest BCUT2D eigenvalue weighted by Gasteiger charge is 2.48. The number of nitrogens with zero attached hydrogens (tertiary/aromatic N) is 3. The molecule has 0 unspecified atom stereocenters. The first kappa shape index (κ1) is 21.6. The third kappa shape index (κ3) is 5.34. The molecule has 6 heteroatoms. The van der Waals surface area contributed by atoms with Crippen LogP contribution in [-0.2, 0) is 16.0 Å². The fourth-order valence-electron chi connectivity index (χ4n) is 4.99. The first-order chi connectivity index (χ1) is 14.5. The predicted molar refractivity (Wildman–Crippen MR) is 118 cm³/mol. The molecule has 0 saturated carbocycles. The molecule has 0 aromatic heterocycles. The molecule has 1 aromatic rings. The first-order valence-corrected chi connectivity index (χ1v) is 11.6. The Morgan fingerprint density at radius 3 is 2.40 bits per heavy atom. The van der Waals surface area contributed by atoms with Gasteiger partial charge in [-0.2, -0.15) is 0 Å². The van der Waals surface area contributed by atoms with Crippen molar-refractivity contribution in [3.63, 3.8) is 0 Å². The quantitative estimate of drug-likeness (QED) is 0.684. The SMILES string of the molecule is CCOc1ccc(CCC(=O)N2CCC3(CC2)C[C@H](CN2CCN(C)CC2)O3)cc1. The standard InChI is InChI=1S/C24H37N3O3/c1-3-29-21-7-4-20(5-8-21)6-9-23(28)27-12-10-24(11-13-27)18-22(30-24)19-26-16-14-25(2)15-17-26/h4-5,7-8,22H,3,6,9-19H2,1-2H3/t22-/m1/s1. The lowest BCUT2D eigenvalue weighted by atomic mass is 9.80. The number of piperidine rings is 1. The lowest BCUT2D eigenvalue weighted by Gasteiger charge is -2.53. The van der Waals surface area contributed by atoms with E-state index in [1.807, 2.05) is 24.0 Å². The molecule has 6 nitrogen and oxygen atoms in total. The molecule has 4 rings (SSSR count). The number of carbonyl (C=O) groups is 1. The summed E-state index contributed by atoms with van der Waals surface area (Å²) in [7, 11) is 2.19. The van der Waals surface area contributed by atoms with Gasteiger partial charge in [0.1, 0.15) is 5.75 Å². The maximum Gasteiger partial charge on any atom is 0.222 e. The molecule has 1 atom stereocenters. The molecule has 0 bridgehead atoms. The van der Waals surface area contributed by atoms with Crippen molar-refractivity contribution in [3.05, 3.63) is 29.8 Å². The predicted octanol–water partition coefficient (Wildman–Crippen LogP) is 2.42. The first-order valence-electron chi connectivity index (χ1n) is 11.6. The van der Waals surface area contributed by atoms with E-state index in [9.17, 15) is 4.79 Å². The third-order valence-electron chi connectivity index (χ3n) is 6.96. The van der Waals surface area contributed by atoms with E-state index in [-0.39, 0.29) is 11.5 Å². The van der Waals surface area contributed by atoms with Gasteiger partial charge in [0.15, 0.2) is 0 Å². The Hall–Kier alpha value is -1.63. The molecule has 3 saturated heterocycles. The van der Waals surface area contributed by atoms with Gasteiger partial charge in [-0.15, -0.1) is 0 Å². The van der Waals surface area contributed by atoms with Gasteiger partial charge in [-0.3, -0.25) is 9.69 Å². The van der Waals surface area contributed by atoms with Crippen molar-refractivity contribution in [3.8, 4) is 5.75 Å². The van der Waals surface area contributed by atoms with Gasteiger partial charge in [0.25, 0.3) is 0 Å². The summed E-state index contributed by atoms with van der Waals surface area (Å²) in [5.74, 6) is 1.16. The number of ether oxygens (including phenoxy) is 2. The van der Waals surface area contributed by atoms with Crippen LogP contribution in [0.15, 0.2) is 24.3 Å². The lowest BCUT2D eigenvalue weighted by Crippen LogP contribution is -2.60. The van der Waals surface area contributed by atoms with E-state index >= 15 is 0 Å². The minimum atomic E-state index is 0.0448. The van der Waals surface area contributed by atoms with Crippen LogP contribution in [-0.4, -0.2) is 91.8 Å². The Morgan fingerprint density at radius 2 is 1.77 bits per heavy atom. The summed E-state index contributed by atoms with van der Waals surface area (Å²) < 4.78 is 11.9. The van der Waals surface area contributed by atoms with Crippen molar-refractivity contribution in [1.29, 1.82) is 0 Å². The van der Waals surface area contributed by atoms with Crippen molar-refractivity contribution in [2.45, 2.75) is 50.7 Å². The largest absolute Gasteiger partial charge is 0.494 e. The molecule has 3 fully saturated rings. The maximum absolute atomic E-state index is 12.7. The van der Waals surface area contributed by atoms with Crippen molar-refractivity contribution >= 4 is 5.91 Å². The summed E-state index contributed by atoms with van der Waals surface area (Å²) in [5.41, 5.74) is 1.23. The zero-order valence-electron chi connectivity index (χ0n) is 18.6. The molecule has 0 radical (unpaired) electrons. The minimum Gasteiger partial charge on any atom is -0.494 e. The van der Waals surface area contributed by atoms with E-state index < -0.39 is 0 Å². The van der Waals surface area contributed by atoms with Gasteiger partial charge in [0, 0.05) is 58.7 Å². The second-order valence-electron chi connectivity index (χ2n) is 9.19. The van der Waals surface area contributed by atoms with Crippen LogP contribution < -0.4 is 4.74 Å². The van der Waals surface area contributed by atoms with Gasteiger partial charge in [-0.25, -0.2) is 0 Å². The summed E-state index contributed by atoms with van der Waals surface area (Å²) in [6.07, 6.45) is 4.88. The number of likely N-dealkylation sites (N-methyl/N-ethyl adjacent to an activating group) is 1. The molecular weight excluding hydrogens is 378 g/mol. The Balaban J connectivity index is 1.14. The van der Waals surface area contributed by atoms with Gasteiger partial charge >= 0.3 is 0 Å². The van der Waals surface area contributed by atoms with Gasteiger partial charge < -0.3 is 19.3 Å². The third-order valence-corrected chi connectivity index (χ3v) is 6.96. The zero-order chi connectivity index (χ0) is 21.0. The number of likely N-dealkylation sites (tertiary alicyclic amines) is 1. The monoisotopic (exact) mass is 415 g/mol. The molecule has 166 valence electrons. The average molecular weight is 416 g/mol. The molecule has 30 heavy (non-hydrogen) atoms. The molecule has 1 aromatic carbocycles. The van der Waals surface area contributed by atoms with Crippen LogP contribution >= 0.6 is 0 Å². The summed E-state index contributed by atoms with van der Waals surface area (Å²) in [6.45, 7) is 10.0. The lowest BCUT2D eigenvalue weighted by molar-refractivity contribution is -0.230. The number of piperazine rings is 1. The molecule has 3 aliphatic heterocycles. The molecule has 1 spiro atoms. The second-order valence-corrected chi connectivity index (χ2v) is 9.19. The van der Waals surface area contributed by atoms with E-state index in [1.165, 1.54) is 5.56 Å². The van der Waals surface area contributed by atoms with Crippen LogP contribution in [0.2, 0.25) is 0 Å². The number of aryl methyl sites for hydroxylation is 1. The number of carbonyl (C=O) groups excluding carboxylic acids is 1. The average Bonchev–Trinajstić information content (AvgIpc) is 2.74. The normalized spacial score (nSPS) is 24.6. The Bertz CT molecular complexity index is 684. The second kappa shape index (κ2) is 9.67. The summed E-state index contributed by atoms with van der Waals surface area (Å²) in [4.78, 5) is 19.6. The zero-order valence-corrected chi connectivity index (χ0v) is 18.6. The van der Waals surface area contributed by atoms with Crippen LogP contribution in [0.1, 0.15) is 38.2 Å². The molecule has 3 aliphatic rings. The summed E-state index contributed by atoms with van der Waals surface area (Å²) >= 11 is 0. The number of hydrogen-bond donors (Lipinski definition) is 0. The Morgan fingerprint density at radius 1 is 1.10 bits per heavy atom. The fraction of sp³-hybridized carbons (Fsp3) is 0.708. The smallest absolute Gasteiger partial charge is 0.222 e. The van der Waals surface area contributed by atoms with Crippen LogP contribution in [0.5, 0.6) is 5.75 Å². The highest BCUT2D eigenvalue weighted by Crippen LogP contribution is 2.41. The van der Waals surface area contributed by atoms with E-state index in [4.69, 9.17) is 9.47 Å². The van der Waals surface area contributed by atoms with Crippen LogP contribution in [0, 0.1) is 0 Å². The Labute approximate surface area is 181 Å². The topological polar surface area (TPSA) is 45.2 Å². The number of amides is 1. The van der Waals surface area contributed by atoms with E-state index in [0.29, 0.717) is 19.1 Å². The highest BCUT2D eigenvalue weighted by atomic mass is 16.5. The number of hydrogen-bond acceptors (Lipinski definition) is 5. The fourth-order valence-corrected chi connectivity index (χ4v) is 4.99. The molecule has 3 heterocycles. The van der Waals surface area contributed by atoms with Crippen molar-refractivity contribution in [1.82, 2.24) is 14.7 Å². The molecular formula is C24H37N3O3. The summed E-state index contributed by atoms with van der Waals surface area (Å²) in [5, 5.41) is 0. The van der Waals surface area contributed by atoms with Crippen LogP contribution in [0.3, 0.4) is 0 Å². The van der Waals surface area contributed by atoms with Crippen LogP contribution in [0.25, 0.3) is 0 Å². The highest BCUT2D eigenvalue weighted by molar-refractivity contribution is 5.76. The van der Waals surface area contributed by atoms with Gasteiger partial charge in [0.05, 0.1) is 18.3 Å². The number of rotatable bonds is 7. The summed E-state index contributed by atoms with van der Waals surface area (Å²) in [6, 6.07) is 8.10. The van der Waals surface area contributed by atoms with E-state index in [0.717, 1.165) is 77.2 Å². The van der Waals surface area contributed by atoms with Gasteiger partial charge in [-0.05, 0) is 50.9 Å². The van der Waals surface area contributed by atoms with E-state index in [2.05, 4.69) is 29.0 Å². The molecule has 0 N–H and O–H groups in total. The molecule has 0 aliphatic carbocycles. The Kier molecular flexibility index (Phi) is 6.96. The maximum atomic E-state index is 12.7. The molecule has 1 amide bonds. The van der Waals surface area contributed by atoms with Gasteiger partial charge in [0.2, 0.25) is 5.91 Å². The van der Waals surface area contributed by atoms with E-state index in [1.54, 1.807) is 0 Å². The van der Waals surface area contributed by atoms with Gasteiger partial charge in [-0.1, -0.05) is 12.1 Å². The van der Waals surface area contributed by atoms with Crippen molar-refractivity contribution in [2.24, 2.45) is 0 Å². The number of benzene rings is 1. The van der Waals surface area contributed by atoms with Crippen LogP contribution in [0.4, 0.5) is 0 Å².